The molecule has 0 heterocycles. The molecule has 44 heavy (non-hydrogen) atoms. The van der Waals surface area contributed by atoms with Gasteiger partial charge in [0.15, 0.2) is 0 Å². The van der Waals surface area contributed by atoms with E-state index in [0.29, 0.717) is 34.9 Å². The van der Waals surface area contributed by atoms with Gasteiger partial charge in [0.2, 0.25) is 5.91 Å². The maximum Gasteiger partial charge on any atom is 0.335 e. The molecule has 0 spiro atoms. The maximum atomic E-state index is 13.4. The summed E-state index contributed by atoms with van der Waals surface area (Å²) in [5.74, 6) is -1.76. The third-order valence-corrected chi connectivity index (χ3v) is 7.33. The molecular formula is C34H31N3O6S. The monoisotopic (exact) mass is 609 g/mol. The zero-order chi connectivity index (χ0) is 31.5. The quantitative estimate of drug-likeness (QED) is 0.109. The van der Waals surface area contributed by atoms with Crippen LogP contribution in [0.25, 0.3) is 6.08 Å². The Hall–Kier alpha value is -5.35. The first-order valence-corrected chi connectivity index (χ1v) is 14.6. The van der Waals surface area contributed by atoms with Crippen molar-refractivity contribution in [3.63, 3.8) is 0 Å². The molecule has 9 nitrogen and oxygen atoms in total. The first kappa shape index (κ1) is 31.6. The average molecular weight is 610 g/mol. The molecule has 0 fully saturated rings. The maximum absolute atomic E-state index is 13.4. The average Bonchev–Trinajstić information content (AvgIpc) is 3.03. The van der Waals surface area contributed by atoms with Gasteiger partial charge in [-0.25, -0.2) is 4.79 Å². The van der Waals surface area contributed by atoms with Gasteiger partial charge < -0.3 is 25.8 Å². The second kappa shape index (κ2) is 15.2. The molecule has 10 heteroatoms. The highest BCUT2D eigenvalue weighted by Gasteiger charge is 2.18. The molecule has 224 valence electrons. The number of benzene rings is 4. The number of anilines is 2. The summed E-state index contributed by atoms with van der Waals surface area (Å²) in [5.41, 5.74) is 2.02. The van der Waals surface area contributed by atoms with Gasteiger partial charge in [-0.2, -0.15) is 0 Å². The Morgan fingerprint density at radius 3 is 2.20 bits per heavy atom. The molecule has 0 aromatic heterocycles. The standard InChI is InChI=1S/C34H31N3O6S/c1-3-43-30-15-8-7-12-24(30)21-29(37-32(39)23-10-5-4-6-11-23)33(40)35-26-16-18-28(19-17-26)44-22(2)31(38)36-27-14-9-13-25(20-27)34(41)42/h4-22H,3H2,1-2H3,(H,35,40)(H,36,38)(H,37,39)(H,41,42)/b29-21-. The summed E-state index contributed by atoms with van der Waals surface area (Å²) in [7, 11) is 0. The second-order valence-electron chi connectivity index (χ2n) is 9.46. The van der Waals surface area contributed by atoms with Crippen molar-refractivity contribution in [2.45, 2.75) is 24.0 Å². The third-order valence-electron chi connectivity index (χ3n) is 6.22. The number of ether oxygens (including phenoxy) is 1. The van der Waals surface area contributed by atoms with Crippen molar-refractivity contribution in [3.05, 3.63) is 126 Å². The van der Waals surface area contributed by atoms with E-state index in [9.17, 15) is 19.2 Å². The van der Waals surface area contributed by atoms with E-state index in [1.165, 1.54) is 23.9 Å². The van der Waals surface area contributed by atoms with E-state index in [2.05, 4.69) is 16.0 Å². The largest absolute Gasteiger partial charge is 0.493 e. The van der Waals surface area contributed by atoms with Gasteiger partial charge in [0.25, 0.3) is 11.8 Å². The number of hydrogen-bond donors (Lipinski definition) is 4. The van der Waals surface area contributed by atoms with Crippen LogP contribution >= 0.6 is 11.8 Å². The fourth-order valence-electron chi connectivity index (χ4n) is 4.03. The molecule has 0 aliphatic heterocycles. The Morgan fingerprint density at radius 2 is 1.50 bits per heavy atom. The Labute approximate surface area is 259 Å². The van der Waals surface area contributed by atoms with Crippen molar-refractivity contribution < 1.29 is 29.0 Å². The van der Waals surface area contributed by atoms with Crippen LogP contribution in [0.3, 0.4) is 0 Å². The lowest BCUT2D eigenvalue weighted by atomic mass is 10.1. The first-order chi connectivity index (χ1) is 21.2. The van der Waals surface area contributed by atoms with Crippen molar-refractivity contribution in [2.75, 3.05) is 17.2 Å². The highest BCUT2D eigenvalue weighted by molar-refractivity contribution is 8.00. The Kier molecular flexibility index (Phi) is 10.9. The van der Waals surface area contributed by atoms with Crippen molar-refractivity contribution in [1.29, 1.82) is 0 Å². The predicted octanol–water partition coefficient (Wildman–Crippen LogP) is 6.31. The molecule has 4 aromatic carbocycles. The number of rotatable bonds is 12. The minimum Gasteiger partial charge on any atom is -0.493 e. The van der Waals surface area contributed by atoms with Crippen LogP contribution in [0.2, 0.25) is 0 Å². The van der Waals surface area contributed by atoms with Crippen molar-refractivity contribution in [1.82, 2.24) is 5.32 Å². The fourth-order valence-corrected chi connectivity index (χ4v) is 4.90. The van der Waals surface area contributed by atoms with Gasteiger partial charge in [0.05, 0.1) is 17.4 Å². The Balaban J connectivity index is 1.45. The van der Waals surface area contributed by atoms with Gasteiger partial charge in [0, 0.05) is 27.4 Å². The lowest BCUT2D eigenvalue weighted by Gasteiger charge is -2.14. The number of hydrogen-bond acceptors (Lipinski definition) is 6. The lowest BCUT2D eigenvalue weighted by molar-refractivity contribution is -0.115. The summed E-state index contributed by atoms with van der Waals surface area (Å²) >= 11 is 1.31. The number of amides is 3. The molecule has 3 amide bonds. The van der Waals surface area contributed by atoms with Gasteiger partial charge in [0.1, 0.15) is 11.4 Å². The molecule has 0 saturated carbocycles. The zero-order valence-corrected chi connectivity index (χ0v) is 24.9. The molecular weight excluding hydrogens is 578 g/mol. The number of aromatic carboxylic acids is 1. The van der Waals surface area contributed by atoms with E-state index in [-0.39, 0.29) is 17.2 Å². The molecule has 1 unspecified atom stereocenters. The number of para-hydroxylation sites is 1. The normalized spacial score (nSPS) is 11.6. The number of carbonyl (C=O) groups excluding carboxylic acids is 3. The number of nitrogens with one attached hydrogen (secondary N) is 3. The molecule has 4 N–H and O–H groups in total. The van der Waals surface area contributed by atoms with E-state index in [0.717, 1.165) is 4.90 Å². The number of carbonyl (C=O) groups is 4. The number of thioether (sulfide) groups is 1. The highest BCUT2D eigenvalue weighted by Crippen LogP contribution is 2.26. The molecule has 1 atom stereocenters. The molecule has 0 aliphatic rings. The highest BCUT2D eigenvalue weighted by atomic mass is 32.2. The summed E-state index contributed by atoms with van der Waals surface area (Å²) in [4.78, 5) is 51.1. The summed E-state index contributed by atoms with van der Waals surface area (Å²) in [6.07, 6.45) is 1.57. The van der Waals surface area contributed by atoms with Crippen LogP contribution in [0.1, 0.15) is 40.1 Å². The van der Waals surface area contributed by atoms with E-state index >= 15 is 0 Å². The van der Waals surface area contributed by atoms with Crippen LogP contribution in [-0.4, -0.2) is 40.7 Å². The first-order valence-electron chi connectivity index (χ1n) is 13.8. The fraction of sp³-hybridized carbons (Fsp3) is 0.118. The summed E-state index contributed by atoms with van der Waals surface area (Å²) in [5, 5.41) is 17.0. The lowest BCUT2D eigenvalue weighted by Crippen LogP contribution is -2.30. The van der Waals surface area contributed by atoms with E-state index in [4.69, 9.17) is 9.84 Å². The van der Waals surface area contributed by atoms with Crippen LogP contribution < -0.4 is 20.7 Å². The third kappa shape index (κ3) is 8.83. The van der Waals surface area contributed by atoms with Crippen molar-refractivity contribution in [3.8, 4) is 5.75 Å². The molecule has 0 radical (unpaired) electrons. The van der Waals surface area contributed by atoms with E-state index < -0.39 is 23.0 Å². The van der Waals surface area contributed by atoms with Gasteiger partial charge in [-0.1, -0.05) is 42.5 Å². The zero-order valence-electron chi connectivity index (χ0n) is 24.1. The summed E-state index contributed by atoms with van der Waals surface area (Å²) in [6.45, 7) is 4.04. The van der Waals surface area contributed by atoms with Crippen LogP contribution in [0.4, 0.5) is 11.4 Å². The molecule has 0 saturated heterocycles. The van der Waals surface area contributed by atoms with E-state index in [1.807, 2.05) is 19.1 Å². The second-order valence-corrected chi connectivity index (χ2v) is 10.9. The van der Waals surface area contributed by atoms with Gasteiger partial charge in [-0.05, 0) is 80.6 Å². The minimum atomic E-state index is -1.08. The molecule has 4 rings (SSSR count). The minimum absolute atomic E-state index is 0.0294. The smallest absolute Gasteiger partial charge is 0.335 e. The van der Waals surface area contributed by atoms with Crippen molar-refractivity contribution in [2.24, 2.45) is 0 Å². The SMILES string of the molecule is CCOc1ccccc1/C=C(\NC(=O)c1ccccc1)C(=O)Nc1ccc(SC(C)C(=O)Nc2cccc(C(=O)O)c2)cc1. The molecule has 0 bridgehead atoms. The van der Waals surface area contributed by atoms with E-state index in [1.54, 1.807) is 91.9 Å². The molecule has 0 aliphatic carbocycles. The summed E-state index contributed by atoms with van der Waals surface area (Å²) < 4.78 is 5.69. The van der Waals surface area contributed by atoms with Crippen LogP contribution in [0, 0.1) is 0 Å². The Bertz CT molecular complexity index is 1670. The van der Waals surface area contributed by atoms with Crippen LogP contribution in [0.15, 0.2) is 114 Å². The number of carboxylic acid groups (broad SMARTS) is 1. The van der Waals surface area contributed by atoms with Crippen LogP contribution in [-0.2, 0) is 9.59 Å². The van der Waals surface area contributed by atoms with Crippen molar-refractivity contribution >= 4 is 52.9 Å². The van der Waals surface area contributed by atoms with Gasteiger partial charge >= 0.3 is 5.97 Å². The topological polar surface area (TPSA) is 134 Å². The van der Waals surface area contributed by atoms with Gasteiger partial charge in [-0.3, -0.25) is 14.4 Å². The van der Waals surface area contributed by atoms with Gasteiger partial charge in [-0.15, -0.1) is 11.8 Å². The predicted molar refractivity (Wildman–Crippen MR) is 172 cm³/mol. The Morgan fingerprint density at radius 1 is 0.818 bits per heavy atom. The summed E-state index contributed by atoms with van der Waals surface area (Å²) in [6, 6.07) is 28.8. The molecule has 4 aromatic rings. The number of carboxylic acids is 1. The van der Waals surface area contributed by atoms with Crippen LogP contribution in [0.5, 0.6) is 5.75 Å².